The van der Waals surface area contributed by atoms with Crippen LogP contribution in [0.3, 0.4) is 0 Å². The zero-order chi connectivity index (χ0) is 8.27. The van der Waals surface area contributed by atoms with Crippen molar-refractivity contribution in [1.29, 1.82) is 0 Å². The van der Waals surface area contributed by atoms with Crippen molar-refractivity contribution in [3.8, 4) is 0 Å². The van der Waals surface area contributed by atoms with Crippen LogP contribution < -0.4 is 5.73 Å². The predicted octanol–water partition coefficient (Wildman–Crippen LogP) is -0.0672. The highest BCUT2D eigenvalue weighted by Crippen LogP contribution is 2.04. The van der Waals surface area contributed by atoms with Crippen molar-refractivity contribution in [1.82, 2.24) is 9.97 Å². The Hall–Kier alpha value is -0.940. The van der Waals surface area contributed by atoms with E-state index in [1.54, 1.807) is 6.07 Å². The summed E-state index contributed by atoms with van der Waals surface area (Å²) in [6.45, 7) is 0. The summed E-state index contributed by atoms with van der Waals surface area (Å²) in [6, 6.07) is 0.832. The minimum absolute atomic E-state index is 0.299. The van der Waals surface area contributed by atoms with Gasteiger partial charge in [0.2, 0.25) is 5.12 Å². The van der Waals surface area contributed by atoms with Crippen molar-refractivity contribution in [2.75, 3.05) is 0 Å². The van der Waals surface area contributed by atoms with Crippen LogP contribution in [0.25, 0.3) is 0 Å². The zero-order valence-corrected chi connectivity index (χ0v) is 6.53. The lowest BCUT2D eigenvalue weighted by Gasteiger charge is -2.02. The number of hydrogen-bond donors (Lipinski definition) is 2. The molecule has 1 heterocycles. The first-order chi connectivity index (χ1) is 5.22. The second kappa shape index (κ2) is 3.45. The van der Waals surface area contributed by atoms with Crippen LogP contribution in [0.4, 0.5) is 0 Å². The highest BCUT2D eigenvalue weighted by atomic mass is 32.1. The summed E-state index contributed by atoms with van der Waals surface area (Å²) in [6.07, 6.45) is 3.05. The molecule has 11 heavy (non-hydrogen) atoms. The fraction of sp³-hybridized carbons (Fsp3) is 0.167. The Balaban J connectivity index is 2.85. The van der Waals surface area contributed by atoms with Gasteiger partial charge < -0.3 is 5.73 Å². The first-order valence-corrected chi connectivity index (χ1v) is 3.42. The average molecular weight is 169 g/mol. The van der Waals surface area contributed by atoms with E-state index >= 15 is 0 Å². The molecule has 0 bridgehead atoms. The molecule has 1 aromatic rings. The van der Waals surface area contributed by atoms with Gasteiger partial charge in [0.05, 0.1) is 0 Å². The quantitative estimate of drug-likeness (QED) is 0.608. The molecule has 4 nitrogen and oxygen atoms in total. The molecule has 0 spiro atoms. The molecule has 0 saturated carbocycles. The van der Waals surface area contributed by atoms with Crippen molar-refractivity contribution in [2.45, 2.75) is 6.04 Å². The van der Waals surface area contributed by atoms with Gasteiger partial charge in [-0.3, -0.25) is 4.79 Å². The minimum atomic E-state index is -0.820. The van der Waals surface area contributed by atoms with E-state index in [1.165, 1.54) is 12.4 Å². The Morgan fingerprint density at radius 1 is 1.55 bits per heavy atom. The highest BCUT2D eigenvalue weighted by molar-refractivity contribution is 7.96. The minimum Gasteiger partial charge on any atom is -0.314 e. The fourth-order valence-electron chi connectivity index (χ4n) is 0.582. The summed E-state index contributed by atoms with van der Waals surface area (Å²) in [5.74, 6) is 0.299. The molecule has 1 aromatic heterocycles. The number of thiol groups is 1. The monoisotopic (exact) mass is 169 g/mol. The van der Waals surface area contributed by atoms with Crippen molar-refractivity contribution in [2.24, 2.45) is 5.73 Å². The second-order valence-electron chi connectivity index (χ2n) is 1.92. The summed E-state index contributed by atoms with van der Waals surface area (Å²) in [5.41, 5.74) is 5.39. The topological polar surface area (TPSA) is 68.9 Å². The maximum absolute atomic E-state index is 10.6. The van der Waals surface area contributed by atoms with E-state index in [2.05, 4.69) is 22.6 Å². The number of hydrogen-bond acceptors (Lipinski definition) is 4. The lowest BCUT2D eigenvalue weighted by molar-refractivity contribution is -0.112. The molecule has 0 fully saturated rings. The van der Waals surface area contributed by atoms with Crippen LogP contribution in [0.2, 0.25) is 0 Å². The van der Waals surface area contributed by atoms with Gasteiger partial charge in [0.25, 0.3) is 0 Å². The SMILES string of the molecule is NC(C(=O)S)c1ncccn1. The summed E-state index contributed by atoms with van der Waals surface area (Å²) in [5, 5.41) is -0.434. The maximum atomic E-state index is 10.6. The third kappa shape index (κ3) is 1.99. The Morgan fingerprint density at radius 2 is 2.09 bits per heavy atom. The summed E-state index contributed by atoms with van der Waals surface area (Å²) < 4.78 is 0. The van der Waals surface area contributed by atoms with Gasteiger partial charge in [0, 0.05) is 12.4 Å². The van der Waals surface area contributed by atoms with Gasteiger partial charge in [-0.1, -0.05) is 0 Å². The summed E-state index contributed by atoms with van der Waals surface area (Å²) >= 11 is 3.56. The molecule has 58 valence electrons. The first-order valence-electron chi connectivity index (χ1n) is 2.97. The van der Waals surface area contributed by atoms with E-state index in [1.807, 2.05) is 0 Å². The van der Waals surface area contributed by atoms with Crippen LogP contribution in [-0.2, 0) is 4.79 Å². The molecular formula is C6H7N3OS. The highest BCUT2D eigenvalue weighted by Gasteiger charge is 2.13. The number of carbonyl (C=O) groups excluding carboxylic acids is 1. The number of nitrogens with two attached hydrogens (primary N) is 1. The molecular weight excluding hydrogens is 162 g/mol. The lowest BCUT2D eigenvalue weighted by atomic mass is 10.3. The van der Waals surface area contributed by atoms with E-state index in [9.17, 15) is 4.79 Å². The van der Waals surface area contributed by atoms with Crippen LogP contribution >= 0.6 is 12.6 Å². The van der Waals surface area contributed by atoms with Crippen molar-refractivity contribution in [3.63, 3.8) is 0 Å². The third-order valence-corrected chi connectivity index (χ3v) is 1.41. The Labute approximate surface area is 69.3 Å². The number of aromatic nitrogens is 2. The van der Waals surface area contributed by atoms with Crippen LogP contribution in [0.1, 0.15) is 11.9 Å². The molecule has 0 radical (unpaired) electrons. The summed E-state index contributed by atoms with van der Waals surface area (Å²) in [7, 11) is 0. The van der Waals surface area contributed by atoms with Crippen LogP contribution in [-0.4, -0.2) is 15.1 Å². The van der Waals surface area contributed by atoms with Crippen molar-refractivity contribution < 1.29 is 4.79 Å². The van der Waals surface area contributed by atoms with E-state index < -0.39 is 11.2 Å². The van der Waals surface area contributed by atoms with Crippen LogP contribution in [0, 0.1) is 0 Å². The van der Waals surface area contributed by atoms with Crippen molar-refractivity contribution in [3.05, 3.63) is 24.3 Å². The molecule has 0 aliphatic carbocycles. The molecule has 5 heteroatoms. The molecule has 0 aliphatic rings. The van der Waals surface area contributed by atoms with Gasteiger partial charge in [-0.2, -0.15) is 0 Å². The van der Waals surface area contributed by atoms with E-state index in [0.717, 1.165) is 0 Å². The number of nitrogens with zero attached hydrogens (tertiary/aromatic N) is 2. The van der Waals surface area contributed by atoms with Gasteiger partial charge in [-0.15, -0.1) is 12.6 Å². The number of rotatable bonds is 2. The molecule has 0 aliphatic heterocycles. The Morgan fingerprint density at radius 3 is 2.55 bits per heavy atom. The molecule has 0 amide bonds. The van der Waals surface area contributed by atoms with E-state index in [4.69, 9.17) is 5.73 Å². The predicted molar refractivity (Wildman–Crippen MR) is 43.0 cm³/mol. The largest absolute Gasteiger partial charge is 0.314 e. The Kier molecular flexibility index (Phi) is 2.56. The lowest BCUT2D eigenvalue weighted by Crippen LogP contribution is -2.19. The van der Waals surface area contributed by atoms with Gasteiger partial charge in [0.1, 0.15) is 6.04 Å². The molecule has 1 unspecified atom stereocenters. The average Bonchev–Trinajstić information content (AvgIpc) is 2.05. The zero-order valence-electron chi connectivity index (χ0n) is 5.64. The Bertz CT molecular complexity index is 251. The number of carbonyl (C=O) groups is 1. The summed E-state index contributed by atoms with van der Waals surface area (Å²) in [4.78, 5) is 18.2. The van der Waals surface area contributed by atoms with E-state index in [0.29, 0.717) is 5.82 Å². The van der Waals surface area contributed by atoms with Gasteiger partial charge in [-0.25, -0.2) is 9.97 Å². The van der Waals surface area contributed by atoms with Crippen molar-refractivity contribution >= 4 is 17.7 Å². The molecule has 0 saturated heterocycles. The molecule has 2 N–H and O–H groups in total. The second-order valence-corrected chi connectivity index (χ2v) is 2.36. The van der Waals surface area contributed by atoms with Crippen LogP contribution in [0.5, 0.6) is 0 Å². The van der Waals surface area contributed by atoms with Gasteiger partial charge >= 0.3 is 0 Å². The molecule has 1 atom stereocenters. The molecule has 1 rings (SSSR count). The van der Waals surface area contributed by atoms with Crippen LogP contribution in [0.15, 0.2) is 18.5 Å². The van der Waals surface area contributed by atoms with E-state index in [-0.39, 0.29) is 0 Å². The molecule has 0 aromatic carbocycles. The van der Waals surface area contributed by atoms with Gasteiger partial charge in [0.15, 0.2) is 5.82 Å². The standard InChI is InChI=1S/C6H7N3OS/c7-4(6(10)11)5-8-2-1-3-9-5/h1-4H,7H2,(H,10,11). The first kappa shape index (κ1) is 8.16. The third-order valence-electron chi connectivity index (χ3n) is 1.13. The maximum Gasteiger partial charge on any atom is 0.210 e. The van der Waals surface area contributed by atoms with Gasteiger partial charge in [-0.05, 0) is 6.07 Å². The normalized spacial score (nSPS) is 12.5. The smallest absolute Gasteiger partial charge is 0.210 e. The fourth-order valence-corrected chi connectivity index (χ4v) is 0.697.